The van der Waals surface area contributed by atoms with Crippen LogP contribution in [0.3, 0.4) is 0 Å². The van der Waals surface area contributed by atoms with Gasteiger partial charge in [-0.1, -0.05) is 15.9 Å². The van der Waals surface area contributed by atoms with Crippen molar-refractivity contribution in [3.8, 4) is 11.5 Å². The first-order chi connectivity index (χ1) is 11.9. The molecule has 132 valence electrons. The van der Waals surface area contributed by atoms with Crippen LogP contribution in [0.2, 0.25) is 0 Å². The molecule has 0 spiro atoms. The summed E-state index contributed by atoms with van der Waals surface area (Å²) in [7, 11) is 1.46. The number of hydrogen-bond acceptors (Lipinski definition) is 5. The zero-order valence-corrected chi connectivity index (χ0v) is 17.8. The SMILES string of the molecule is COc1cc(/C=N/NC(=O)CNc2c(Br)cc(Br)cc2Br)ccc1O. The first kappa shape index (κ1) is 19.7. The maximum absolute atomic E-state index is 11.9. The number of phenolic OH excluding ortho intramolecular Hbond substituents is 1. The topological polar surface area (TPSA) is 83.0 Å². The smallest absolute Gasteiger partial charge is 0.259 e. The van der Waals surface area contributed by atoms with Crippen molar-refractivity contribution in [2.24, 2.45) is 5.10 Å². The fourth-order valence-electron chi connectivity index (χ4n) is 1.87. The summed E-state index contributed by atoms with van der Waals surface area (Å²) in [5.41, 5.74) is 3.88. The third-order valence-electron chi connectivity index (χ3n) is 3.04. The molecule has 0 aliphatic rings. The van der Waals surface area contributed by atoms with Gasteiger partial charge < -0.3 is 15.2 Å². The molecule has 2 aromatic carbocycles. The minimum Gasteiger partial charge on any atom is -0.504 e. The van der Waals surface area contributed by atoms with Crippen LogP contribution in [0.1, 0.15) is 5.56 Å². The highest BCUT2D eigenvalue weighted by Crippen LogP contribution is 2.34. The molecule has 25 heavy (non-hydrogen) atoms. The number of phenols is 1. The summed E-state index contributed by atoms with van der Waals surface area (Å²) in [6.45, 7) is 0.0507. The van der Waals surface area contributed by atoms with Crippen LogP contribution >= 0.6 is 47.8 Å². The lowest BCUT2D eigenvalue weighted by Gasteiger charge is -2.10. The van der Waals surface area contributed by atoms with Crippen LogP contribution in [0.25, 0.3) is 0 Å². The predicted octanol–water partition coefficient (Wildman–Crippen LogP) is 4.25. The van der Waals surface area contributed by atoms with E-state index in [0.717, 1.165) is 19.1 Å². The molecule has 0 aliphatic carbocycles. The number of carbonyl (C=O) groups is 1. The van der Waals surface area contributed by atoms with E-state index in [1.54, 1.807) is 12.1 Å². The van der Waals surface area contributed by atoms with Crippen LogP contribution < -0.4 is 15.5 Å². The summed E-state index contributed by atoms with van der Waals surface area (Å²) in [6, 6.07) is 8.51. The highest BCUT2D eigenvalue weighted by atomic mass is 79.9. The molecule has 2 aromatic rings. The minimum absolute atomic E-state index is 0.0403. The molecule has 0 saturated heterocycles. The maximum atomic E-state index is 11.9. The van der Waals surface area contributed by atoms with Gasteiger partial charge in [-0.25, -0.2) is 5.43 Å². The number of nitrogens with one attached hydrogen (secondary N) is 2. The van der Waals surface area contributed by atoms with E-state index >= 15 is 0 Å². The molecule has 0 atom stereocenters. The lowest BCUT2D eigenvalue weighted by Crippen LogP contribution is -2.26. The molecular weight excluding hydrogens is 522 g/mol. The van der Waals surface area contributed by atoms with Crippen LogP contribution in [-0.2, 0) is 4.79 Å². The summed E-state index contributed by atoms with van der Waals surface area (Å²) in [5.74, 6) is 0.0733. The Bertz CT molecular complexity index is 789. The van der Waals surface area contributed by atoms with E-state index in [1.807, 2.05) is 12.1 Å². The number of carbonyl (C=O) groups excluding carboxylic acids is 1. The van der Waals surface area contributed by atoms with Gasteiger partial charge in [0.05, 0.1) is 25.6 Å². The van der Waals surface area contributed by atoms with Gasteiger partial charge in [0.25, 0.3) is 5.91 Å². The zero-order chi connectivity index (χ0) is 18.4. The van der Waals surface area contributed by atoms with Gasteiger partial charge in [0.2, 0.25) is 0 Å². The summed E-state index contributed by atoms with van der Waals surface area (Å²) < 4.78 is 7.56. The van der Waals surface area contributed by atoms with Gasteiger partial charge in [-0.05, 0) is 67.8 Å². The first-order valence-corrected chi connectivity index (χ1v) is 9.36. The Morgan fingerprint density at radius 1 is 1.24 bits per heavy atom. The second-order valence-corrected chi connectivity index (χ2v) is 7.45. The van der Waals surface area contributed by atoms with Crippen molar-refractivity contribution in [3.05, 3.63) is 49.3 Å². The maximum Gasteiger partial charge on any atom is 0.259 e. The third kappa shape index (κ3) is 5.72. The van der Waals surface area contributed by atoms with Crippen molar-refractivity contribution in [3.63, 3.8) is 0 Å². The number of benzene rings is 2. The predicted molar refractivity (Wildman–Crippen MR) is 108 cm³/mol. The molecule has 9 heteroatoms. The Balaban J connectivity index is 1.91. The third-order valence-corrected chi connectivity index (χ3v) is 4.75. The van der Waals surface area contributed by atoms with E-state index in [4.69, 9.17) is 4.74 Å². The van der Waals surface area contributed by atoms with Crippen molar-refractivity contribution in [1.29, 1.82) is 0 Å². The van der Waals surface area contributed by atoms with Gasteiger partial charge in [0, 0.05) is 13.4 Å². The van der Waals surface area contributed by atoms with Crippen LogP contribution in [0.4, 0.5) is 5.69 Å². The van der Waals surface area contributed by atoms with E-state index in [-0.39, 0.29) is 18.2 Å². The van der Waals surface area contributed by atoms with Crippen LogP contribution in [0.5, 0.6) is 11.5 Å². The molecule has 0 radical (unpaired) electrons. The van der Waals surface area contributed by atoms with Crippen LogP contribution in [0.15, 0.2) is 48.9 Å². The second kappa shape index (κ2) is 9.21. The molecule has 0 unspecified atom stereocenters. The van der Waals surface area contributed by atoms with Gasteiger partial charge in [-0.15, -0.1) is 0 Å². The van der Waals surface area contributed by atoms with E-state index in [0.29, 0.717) is 11.3 Å². The average molecular weight is 536 g/mol. The van der Waals surface area contributed by atoms with Gasteiger partial charge in [0.1, 0.15) is 0 Å². The standard InChI is InChI=1S/C16H14Br3N3O3/c1-25-14-4-9(2-3-13(14)23)7-21-22-15(24)8-20-16-11(18)5-10(17)6-12(16)19/h2-7,20,23H,8H2,1H3,(H,22,24)/b21-7+. The second-order valence-electron chi connectivity index (χ2n) is 4.82. The molecule has 0 saturated carbocycles. The summed E-state index contributed by atoms with van der Waals surface area (Å²) in [6.07, 6.45) is 1.46. The van der Waals surface area contributed by atoms with Gasteiger partial charge in [0.15, 0.2) is 11.5 Å². The fourth-order valence-corrected chi connectivity index (χ4v) is 4.41. The molecule has 0 fully saturated rings. The minimum atomic E-state index is -0.302. The lowest BCUT2D eigenvalue weighted by molar-refractivity contribution is -0.119. The number of rotatable bonds is 6. The molecule has 6 nitrogen and oxygen atoms in total. The van der Waals surface area contributed by atoms with E-state index < -0.39 is 0 Å². The highest BCUT2D eigenvalue weighted by Gasteiger charge is 2.08. The van der Waals surface area contributed by atoms with E-state index in [9.17, 15) is 9.90 Å². The Morgan fingerprint density at radius 2 is 1.92 bits per heavy atom. The Hall–Kier alpha value is -1.58. The van der Waals surface area contributed by atoms with Crippen molar-refractivity contribution < 1.29 is 14.6 Å². The highest BCUT2D eigenvalue weighted by molar-refractivity contribution is 9.11. The monoisotopic (exact) mass is 533 g/mol. The average Bonchev–Trinajstić information content (AvgIpc) is 2.55. The van der Waals surface area contributed by atoms with E-state index in [2.05, 4.69) is 63.6 Å². The normalized spacial score (nSPS) is 10.7. The van der Waals surface area contributed by atoms with Crippen LogP contribution in [0, 0.1) is 0 Å². The number of halogens is 3. The summed E-state index contributed by atoms with van der Waals surface area (Å²) in [4.78, 5) is 11.9. The zero-order valence-electron chi connectivity index (χ0n) is 13.0. The number of ether oxygens (including phenoxy) is 1. The number of aromatic hydroxyl groups is 1. The van der Waals surface area contributed by atoms with Gasteiger partial charge >= 0.3 is 0 Å². The largest absolute Gasteiger partial charge is 0.504 e. The number of anilines is 1. The van der Waals surface area contributed by atoms with Crippen LogP contribution in [-0.4, -0.2) is 30.9 Å². The van der Waals surface area contributed by atoms with Crippen molar-refractivity contribution in [1.82, 2.24) is 5.43 Å². The van der Waals surface area contributed by atoms with Crippen molar-refractivity contribution in [2.45, 2.75) is 0 Å². The molecule has 0 heterocycles. The molecule has 0 aliphatic heterocycles. The number of methoxy groups -OCH3 is 1. The Morgan fingerprint density at radius 3 is 2.56 bits per heavy atom. The molecule has 2 rings (SSSR count). The van der Waals surface area contributed by atoms with Gasteiger partial charge in [-0.2, -0.15) is 5.10 Å². The Kier molecular flexibility index (Phi) is 7.27. The number of nitrogens with zero attached hydrogens (tertiary/aromatic N) is 1. The summed E-state index contributed by atoms with van der Waals surface area (Å²) in [5, 5.41) is 16.4. The van der Waals surface area contributed by atoms with Crippen molar-refractivity contribution in [2.75, 3.05) is 19.0 Å². The molecule has 3 N–H and O–H groups in total. The van der Waals surface area contributed by atoms with Crippen molar-refractivity contribution >= 4 is 65.6 Å². The molecule has 0 bridgehead atoms. The van der Waals surface area contributed by atoms with Gasteiger partial charge in [-0.3, -0.25) is 4.79 Å². The fraction of sp³-hybridized carbons (Fsp3) is 0.125. The lowest BCUT2D eigenvalue weighted by atomic mass is 10.2. The number of amides is 1. The number of hydrogen-bond donors (Lipinski definition) is 3. The first-order valence-electron chi connectivity index (χ1n) is 6.98. The molecular formula is C16H14Br3N3O3. The molecule has 1 amide bonds. The number of hydrazone groups is 1. The molecule has 0 aromatic heterocycles. The summed E-state index contributed by atoms with van der Waals surface area (Å²) >= 11 is 10.3. The Labute approximate surface area is 170 Å². The quantitative estimate of drug-likeness (QED) is 0.381. The van der Waals surface area contributed by atoms with E-state index in [1.165, 1.54) is 19.4 Å².